The molecule has 2 saturated carbocycles. The normalized spacial score (nSPS) is 40.6. The van der Waals surface area contributed by atoms with E-state index in [-0.39, 0.29) is 17.6 Å². The van der Waals surface area contributed by atoms with Crippen molar-refractivity contribution in [3.63, 3.8) is 0 Å². The van der Waals surface area contributed by atoms with Gasteiger partial charge in [0.15, 0.2) is 5.60 Å². The lowest BCUT2D eigenvalue weighted by Crippen LogP contribution is -2.82. The van der Waals surface area contributed by atoms with Crippen molar-refractivity contribution < 1.29 is 54.1 Å². The smallest absolute Gasteiger partial charge is 0.343 e. The van der Waals surface area contributed by atoms with E-state index in [0.29, 0.717) is 12.0 Å². The minimum absolute atomic E-state index is 0.0624. The molecule has 218 valence electrons. The number of fused-ring (bicyclic) bond motifs is 2. The average Bonchev–Trinajstić information content (AvgIpc) is 3.38. The second-order valence-corrected chi connectivity index (χ2v) is 12.2. The molecule has 0 aromatic heterocycles. The number of hydrogen-bond acceptors (Lipinski definition) is 11. The Labute approximate surface area is 231 Å². The van der Waals surface area contributed by atoms with Gasteiger partial charge in [-0.3, -0.25) is 4.79 Å². The van der Waals surface area contributed by atoms with Crippen LogP contribution in [0.2, 0.25) is 0 Å². The highest BCUT2D eigenvalue weighted by atomic mass is 16.6. The van der Waals surface area contributed by atoms with Gasteiger partial charge in [-0.15, -0.1) is 0 Å². The van der Waals surface area contributed by atoms with E-state index in [4.69, 9.17) is 14.2 Å². The van der Waals surface area contributed by atoms with Crippen molar-refractivity contribution in [3.8, 4) is 0 Å². The van der Waals surface area contributed by atoms with Crippen LogP contribution in [0.1, 0.15) is 57.3 Å². The third-order valence-corrected chi connectivity index (χ3v) is 9.89. The van der Waals surface area contributed by atoms with Crippen molar-refractivity contribution in [2.75, 3.05) is 13.2 Å². The first-order valence-corrected chi connectivity index (χ1v) is 13.4. The van der Waals surface area contributed by atoms with Crippen LogP contribution in [-0.2, 0) is 23.8 Å². The summed E-state index contributed by atoms with van der Waals surface area (Å²) in [5.41, 5.74) is -9.62. The van der Waals surface area contributed by atoms with Crippen LogP contribution in [0.5, 0.6) is 0 Å². The maximum Gasteiger partial charge on any atom is 0.343 e. The van der Waals surface area contributed by atoms with Crippen LogP contribution in [0.25, 0.3) is 0 Å². The van der Waals surface area contributed by atoms with Gasteiger partial charge in [0.05, 0.1) is 28.8 Å². The van der Waals surface area contributed by atoms with Gasteiger partial charge in [0.2, 0.25) is 0 Å². The van der Waals surface area contributed by atoms with Gasteiger partial charge in [-0.05, 0) is 51.3 Å². The van der Waals surface area contributed by atoms with Crippen LogP contribution < -0.4 is 0 Å². The van der Waals surface area contributed by atoms with Gasteiger partial charge in [0.1, 0.15) is 24.9 Å². The molecular weight excluding hydrogens is 524 g/mol. The van der Waals surface area contributed by atoms with Crippen molar-refractivity contribution in [2.24, 2.45) is 16.7 Å². The number of aliphatic hydroxyl groups excluding tert-OH is 2. The first-order valence-electron chi connectivity index (χ1n) is 13.4. The van der Waals surface area contributed by atoms with E-state index in [9.17, 15) is 39.9 Å². The van der Waals surface area contributed by atoms with Crippen LogP contribution in [0.4, 0.5) is 0 Å². The lowest BCUT2D eigenvalue weighted by atomic mass is 9.39. The van der Waals surface area contributed by atoms with Gasteiger partial charge in [0.25, 0.3) is 0 Å². The molecule has 1 heterocycles. The fourth-order valence-corrected chi connectivity index (χ4v) is 8.17. The van der Waals surface area contributed by atoms with E-state index in [1.165, 1.54) is 26.0 Å². The van der Waals surface area contributed by atoms with Crippen molar-refractivity contribution in [1.29, 1.82) is 0 Å². The lowest BCUT2D eigenvalue weighted by Gasteiger charge is -2.67. The SMILES string of the molecule is CC(=O)OC1CC(O)C23COC(=O)C2(O)C2=C(C)CCC2(C(C)(C)O)C(O)C3C1(O)COC(=O)c1ccccc1. The van der Waals surface area contributed by atoms with E-state index in [2.05, 4.69) is 0 Å². The number of rotatable bonds is 5. The largest absolute Gasteiger partial charge is 0.462 e. The van der Waals surface area contributed by atoms with Crippen LogP contribution in [0.3, 0.4) is 0 Å². The van der Waals surface area contributed by atoms with Crippen molar-refractivity contribution in [1.82, 2.24) is 0 Å². The van der Waals surface area contributed by atoms with E-state index >= 15 is 0 Å². The maximum atomic E-state index is 13.5. The number of cyclic esters (lactones) is 1. The number of hydrogen-bond donors (Lipinski definition) is 5. The minimum Gasteiger partial charge on any atom is -0.462 e. The summed E-state index contributed by atoms with van der Waals surface area (Å²) in [6.07, 6.45) is -4.87. The number of allylic oxidation sites excluding steroid dienone is 1. The zero-order valence-electron chi connectivity index (χ0n) is 22.9. The standard InChI is InChI=1S/C29H36O11/c1-15-10-11-26(25(3,4)35)20(15)29(37)24(34)39-13-27(29)18(31)12-19(40-16(2)30)28(36,21(27)22(26)32)14-38-23(33)17-8-6-5-7-9-17/h5-9,18-19,21-22,31-32,35-37H,10-14H2,1-4H3. The quantitative estimate of drug-likeness (QED) is 0.191. The molecule has 1 aliphatic heterocycles. The maximum absolute atomic E-state index is 13.5. The van der Waals surface area contributed by atoms with Crippen LogP contribution in [0.15, 0.2) is 41.5 Å². The van der Waals surface area contributed by atoms with E-state index in [1.807, 2.05) is 0 Å². The molecule has 1 saturated heterocycles. The highest BCUT2D eigenvalue weighted by molar-refractivity contribution is 5.90. The van der Waals surface area contributed by atoms with Crippen molar-refractivity contribution in [3.05, 3.63) is 47.0 Å². The van der Waals surface area contributed by atoms with Gasteiger partial charge in [-0.2, -0.15) is 0 Å². The summed E-state index contributed by atoms with van der Waals surface area (Å²) in [6, 6.07) is 7.95. The Hall–Kier alpha value is -2.83. The van der Waals surface area contributed by atoms with Gasteiger partial charge >= 0.3 is 17.9 Å². The molecular formula is C29H36O11. The molecule has 1 aromatic carbocycles. The molecule has 0 radical (unpaired) electrons. The molecule has 0 amide bonds. The van der Waals surface area contributed by atoms with Crippen LogP contribution in [-0.4, -0.2) is 91.8 Å². The van der Waals surface area contributed by atoms with Crippen molar-refractivity contribution in [2.45, 2.75) is 82.1 Å². The summed E-state index contributed by atoms with van der Waals surface area (Å²) < 4.78 is 16.3. The summed E-state index contributed by atoms with van der Waals surface area (Å²) in [5, 5.41) is 60.4. The Morgan fingerprint density at radius 3 is 2.40 bits per heavy atom. The predicted molar refractivity (Wildman–Crippen MR) is 136 cm³/mol. The van der Waals surface area contributed by atoms with Gasteiger partial charge in [-0.1, -0.05) is 23.8 Å². The number of ether oxygens (including phenoxy) is 3. The van der Waals surface area contributed by atoms with Crippen LogP contribution in [0, 0.1) is 16.7 Å². The Morgan fingerprint density at radius 2 is 1.80 bits per heavy atom. The second-order valence-electron chi connectivity index (χ2n) is 12.2. The Kier molecular flexibility index (Phi) is 6.52. The van der Waals surface area contributed by atoms with Gasteiger partial charge in [0, 0.05) is 24.7 Å². The number of carbonyl (C=O) groups is 3. The first kappa shape index (κ1) is 28.7. The number of esters is 3. The van der Waals surface area contributed by atoms with Crippen LogP contribution >= 0.6 is 0 Å². The molecule has 11 nitrogen and oxygen atoms in total. The topological polar surface area (TPSA) is 180 Å². The third-order valence-electron chi connectivity index (χ3n) is 9.89. The molecule has 1 aromatic rings. The summed E-state index contributed by atoms with van der Waals surface area (Å²) >= 11 is 0. The summed E-state index contributed by atoms with van der Waals surface area (Å²) in [7, 11) is 0. The lowest BCUT2D eigenvalue weighted by molar-refractivity contribution is -0.317. The summed E-state index contributed by atoms with van der Waals surface area (Å²) in [4.78, 5) is 38.5. The number of benzene rings is 1. The Balaban J connectivity index is 1.73. The van der Waals surface area contributed by atoms with Gasteiger partial charge in [-0.25, -0.2) is 9.59 Å². The molecule has 11 heteroatoms. The molecule has 40 heavy (non-hydrogen) atoms. The van der Waals surface area contributed by atoms with Crippen molar-refractivity contribution >= 4 is 17.9 Å². The summed E-state index contributed by atoms with van der Waals surface area (Å²) in [6.45, 7) is 4.25. The molecule has 5 N–H and O–H groups in total. The second kappa shape index (κ2) is 9.09. The van der Waals surface area contributed by atoms with E-state index in [1.54, 1.807) is 25.1 Å². The minimum atomic E-state index is -2.55. The fraction of sp³-hybridized carbons (Fsp3) is 0.621. The van der Waals surface area contributed by atoms with E-state index in [0.717, 1.165) is 6.92 Å². The molecule has 4 aliphatic rings. The fourth-order valence-electron chi connectivity index (χ4n) is 8.17. The Morgan fingerprint density at radius 1 is 1.15 bits per heavy atom. The highest BCUT2D eigenvalue weighted by Gasteiger charge is 2.85. The zero-order valence-corrected chi connectivity index (χ0v) is 22.9. The molecule has 3 fully saturated rings. The monoisotopic (exact) mass is 560 g/mol. The molecule has 0 bridgehead atoms. The average molecular weight is 561 g/mol. The molecule has 8 atom stereocenters. The predicted octanol–water partition coefficient (Wildman–Crippen LogP) is 0.403. The molecule has 5 rings (SSSR count). The zero-order chi connectivity index (χ0) is 29.5. The Bertz CT molecular complexity index is 1270. The van der Waals surface area contributed by atoms with Gasteiger partial charge < -0.3 is 39.7 Å². The summed E-state index contributed by atoms with van der Waals surface area (Å²) in [5.74, 6) is -4.36. The molecule has 3 aliphatic carbocycles. The highest BCUT2D eigenvalue weighted by Crippen LogP contribution is 2.72. The first-order chi connectivity index (χ1) is 18.6. The number of aliphatic hydroxyl groups is 5. The molecule has 8 unspecified atom stereocenters. The third kappa shape index (κ3) is 3.45. The number of carbonyl (C=O) groups excluding carboxylic acids is 3. The van der Waals surface area contributed by atoms with E-state index < -0.39 is 89.4 Å². The molecule has 1 spiro atoms.